The summed E-state index contributed by atoms with van der Waals surface area (Å²) < 4.78 is 4.70. The molecule has 0 fully saturated rings. The molecule has 0 radical (unpaired) electrons. The van der Waals surface area contributed by atoms with Crippen molar-refractivity contribution in [2.24, 2.45) is 5.41 Å². The van der Waals surface area contributed by atoms with Crippen LogP contribution in [0.25, 0.3) is 0 Å². The van der Waals surface area contributed by atoms with Crippen LogP contribution in [0, 0.1) is 5.41 Å². The van der Waals surface area contributed by atoms with Gasteiger partial charge in [0.15, 0.2) is 0 Å². The average Bonchev–Trinajstić information content (AvgIpc) is 2.17. The molecule has 16 heavy (non-hydrogen) atoms. The maximum absolute atomic E-state index is 11.0. The van der Waals surface area contributed by atoms with Crippen LogP contribution in [0.1, 0.15) is 6.92 Å². The standard InChI is InChI=1S/C9H10O7/c1-8(5(10)11)3-2-4-16-9(8,6(12)13)7(14)15/h2-3H,4H2,1H3,(H,10,11)(H,12,13)(H,14,15). The van der Waals surface area contributed by atoms with Crippen LogP contribution < -0.4 is 0 Å². The van der Waals surface area contributed by atoms with Gasteiger partial charge in [-0.1, -0.05) is 12.2 Å². The second kappa shape index (κ2) is 3.60. The number of hydrogen-bond acceptors (Lipinski definition) is 4. The van der Waals surface area contributed by atoms with Gasteiger partial charge in [-0.25, -0.2) is 9.59 Å². The summed E-state index contributed by atoms with van der Waals surface area (Å²) in [4.78, 5) is 33.1. The van der Waals surface area contributed by atoms with Crippen molar-refractivity contribution in [3.8, 4) is 0 Å². The van der Waals surface area contributed by atoms with Crippen LogP contribution in [0.4, 0.5) is 0 Å². The molecule has 1 aliphatic heterocycles. The summed E-state index contributed by atoms with van der Waals surface area (Å²) in [6.45, 7) is 0.731. The maximum Gasteiger partial charge on any atom is 0.349 e. The molecule has 88 valence electrons. The number of carboxylic acid groups (broad SMARTS) is 3. The van der Waals surface area contributed by atoms with Crippen molar-refractivity contribution < 1.29 is 34.4 Å². The van der Waals surface area contributed by atoms with Gasteiger partial charge in [0.2, 0.25) is 0 Å². The molecule has 1 unspecified atom stereocenters. The molecule has 1 heterocycles. The van der Waals surface area contributed by atoms with Crippen LogP contribution in [0.5, 0.6) is 0 Å². The van der Waals surface area contributed by atoms with Crippen LogP contribution in [-0.2, 0) is 19.1 Å². The Kier molecular flexibility index (Phi) is 2.74. The molecule has 0 aromatic carbocycles. The van der Waals surface area contributed by atoms with Gasteiger partial charge < -0.3 is 20.1 Å². The van der Waals surface area contributed by atoms with E-state index in [0.29, 0.717) is 0 Å². The molecule has 7 nitrogen and oxygen atoms in total. The maximum atomic E-state index is 11.0. The van der Waals surface area contributed by atoms with Crippen molar-refractivity contribution in [1.82, 2.24) is 0 Å². The SMILES string of the molecule is CC1(C(=O)O)C=CCOC1(C(=O)O)C(=O)O. The zero-order chi connectivity index (χ0) is 12.6. The molecule has 0 aromatic heterocycles. The molecular weight excluding hydrogens is 220 g/mol. The van der Waals surface area contributed by atoms with Gasteiger partial charge in [0.25, 0.3) is 5.60 Å². The summed E-state index contributed by atoms with van der Waals surface area (Å²) >= 11 is 0. The predicted molar refractivity (Wildman–Crippen MR) is 48.8 cm³/mol. The third-order valence-corrected chi connectivity index (χ3v) is 2.63. The lowest BCUT2D eigenvalue weighted by molar-refractivity contribution is -0.204. The van der Waals surface area contributed by atoms with E-state index in [9.17, 15) is 14.4 Å². The first-order valence-electron chi connectivity index (χ1n) is 4.31. The largest absolute Gasteiger partial charge is 0.480 e. The average molecular weight is 230 g/mol. The summed E-state index contributed by atoms with van der Waals surface area (Å²) in [6.07, 6.45) is 2.30. The van der Waals surface area contributed by atoms with E-state index in [1.807, 2.05) is 0 Å². The minimum Gasteiger partial charge on any atom is -0.480 e. The number of carboxylic acids is 3. The first kappa shape index (κ1) is 12.2. The first-order valence-corrected chi connectivity index (χ1v) is 4.31. The quantitative estimate of drug-likeness (QED) is 0.444. The van der Waals surface area contributed by atoms with E-state index in [0.717, 1.165) is 13.0 Å². The van der Waals surface area contributed by atoms with E-state index in [4.69, 9.17) is 20.1 Å². The van der Waals surface area contributed by atoms with Crippen molar-refractivity contribution in [2.75, 3.05) is 6.61 Å². The molecule has 0 saturated heterocycles. The summed E-state index contributed by atoms with van der Waals surface area (Å²) in [6, 6.07) is 0. The highest BCUT2D eigenvalue weighted by atomic mass is 16.6. The molecule has 0 aliphatic carbocycles. The first-order chi connectivity index (χ1) is 7.29. The normalized spacial score (nSPS) is 27.3. The fourth-order valence-corrected chi connectivity index (χ4v) is 1.61. The van der Waals surface area contributed by atoms with Crippen molar-refractivity contribution >= 4 is 17.9 Å². The molecule has 1 aliphatic rings. The van der Waals surface area contributed by atoms with Gasteiger partial charge >= 0.3 is 17.9 Å². The zero-order valence-electron chi connectivity index (χ0n) is 8.34. The Labute approximate surface area is 89.9 Å². The van der Waals surface area contributed by atoms with E-state index in [2.05, 4.69) is 0 Å². The summed E-state index contributed by atoms with van der Waals surface area (Å²) in [5.41, 5.74) is -4.95. The Morgan fingerprint density at radius 1 is 1.12 bits per heavy atom. The molecule has 0 spiro atoms. The fourth-order valence-electron chi connectivity index (χ4n) is 1.61. The second-order valence-electron chi connectivity index (χ2n) is 3.51. The lowest BCUT2D eigenvalue weighted by Crippen LogP contribution is -2.64. The molecule has 3 N–H and O–H groups in total. The second-order valence-corrected chi connectivity index (χ2v) is 3.51. The molecule has 0 bridgehead atoms. The zero-order valence-corrected chi connectivity index (χ0v) is 8.34. The third-order valence-electron chi connectivity index (χ3n) is 2.63. The van der Waals surface area contributed by atoms with Gasteiger partial charge in [0, 0.05) is 0 Å². The van der Waals surface area contributed by atoms with Crippen molar-refractivity contribution in [3.05, 3.63) is 12.2 Å². The van der Waals surface area contributed by atoms with Crippen molar-refractivity contribution in [3.63, 3.8) is 0 Å². The van der Waals surface area contributed by atoms with Gasteiger partial charge in [0.1, 0.15) is 5.41 Å². The van der Waals surface area contributed by atoms with Crippen LogP contribution in [0.2, 0.25) is 0 Å². The number of rotatable bonds is 3. The molecular formula is C9H10O7. The highest BCUT2D eigenvalue weighted by Crippen LogP contribution is 2.40. The van der Waals surface area contributed by atoms with Crippen molar-refractivity contribution in [2.45, 2.75) is 12.5 Å². The molecule has 0 saturated carbocycles. The topological polar surface area (TPSA) is 121 Å². The molecule has 7 heteroatoms. The summed E-state index contributed by atoms with van der Waals surface area (Å²) in [7, 11) is 0. The Balaban J connectivity index is 3.47. The van der Waals surface area contributed by atoms with Crippen LogP contribution in [-0.4, -0.2) is 45.4 Å². The van der Waals surface area contributed by atoms with E-state index >= 15 is 0 Å². The third kappa shape index (κ3) is 1.28. The molecule has 1 rings (SSSR count). The lowest BCUT2D eigenvalue weighted by Gasteiger charge is -2.39. The molecule has 0 aromatic rings. The van der Waals surface area contributed by atoms with Crippen LogP contribution in [0.3, 0.4) is 0 Å². The Morgan fingerprint density at radius 2 is 1.62 bits per heavy atom. The fraction of sp³-hybridized carbons (Fsp3) is 0.444. The highest BCUT2D eigenvalue weighted by molar-refractivity contribution is 6.08. The van der Waals surface area contributed by atoms with Crippen LogP contribution in [0.15, 0.2) is 12.2 Å². The molecule has 0 amide bonds. The van der Waals surface area contributed by atoms with Gasteiger partial charge in [-0.3, -0.25) is 4.79 Å². The van der Waals surface area contributed by atoms with Gasteiger partial charge in [-0.2, -0.15) is 0 Å². The van der Waals surface area contributed by atoms with Crippen LogP contribution >= 0.6 is 0 Å². The van der Waals surface area contributed by atoms with Crippen molar-refractivity contribution in [1.29, 1.82) is 0 Å². The summed E-state index contributed by atoms with van der Waals surface area (Å²) in [5.74, 6) is -5.25. The smallest absolute Gasteiger partial charge is 0.349 e. The van der Waals surface area contributed by atoms with E-state index in [1.165, 1.54) is 6.08 Å². The predicted octanol–water partition coefficient (Wildman–Crippen LogP) is -0.428. The lowest BCUT2D eigenvalue weighted by atomic mass is 9.71. The van der Waals surface area contributed by atoms with Gasteiger partial charge in [-0.15, -0.1) is 0 Å². The summed E-state index contributed by atoms with van der Waals surface area (Å²) in [5, 5.41) is 26.9. The number of carbonyl (C=O) groups is 3. The van der Waals surface area contributed by atoms with E-state index in [-0.39, 0.29) is 6.61 Å². The van der Waals surface area contributed by atoms with E-state index < -0.39 is 28.9 Å². The minimum absolute atomic E-state index is 0.262. The van der Waals surface area contributed by atoms with Gasteiger partial charge in [0.05, 0.1) is 6.61 Å². The Bertz CT molecular complexity index is 369. The van der Waals surface area contributed by atoms with Gasteiger partial charge in [-0.05, 0) is 6.92 Å². The number of ether oxygens (including phenoxy) is 1. The Hall–Kier alpha value is -1.89. The highest BCUT2D eigenvalue weighted by Gasteiger charge is 2.66. The number of hydrogen-bond donors (Lipinski definition) is 3. The van der Waals surface area contributed by atoms with E-state index in [1.54, 1.807) is 0 Å². The molecule has 1 atom stereocenters. The monoisotopic (exact) mass is 230 g/mol. The minimum atomic E-state index is -2.80. The Morgan fingerprint density at radius 3 is 1.94 bits per heavy atom. The number of aliphatic carboxylic acids is 3.